The molecular weight excluding hydrogens is 753 g/mol. The summed E-state index contributed by atoms with van der Waals surface area (Å²) in [5, 5.41) is 7.61. The first-order valence-corrected chi connectivity index (χ1v) is 21.2. The second-order valence-electron chi connectivity index (χ2n) is 15.9. The standard InChI is InChI=1S/C58H42N4/c1-6-20-40(21-7-1)43-26-18-27-44(36-43)50-38-53-51(49-34-16-17-35-52(49)58(53,46-29-12-4-13-30-46)47-31-14-5-15-32-47)39-54(50)59-48-33-19-28-45(37-48)57-61-55(41-22-8-2-9-23-41)60-56(62-57)42-24-10-3-11-25-42/h1-39,57,59H,(H,60,61,62). The highest BCUT2D eigenvalue weighted by atomic mass is 15.2. The summed E-state index contributed by atoms with van der Waals surface area (Å²) in [5.41, 5.74) is 16.5. The van der Waals surface area contributed by atoms with E-state index >= 15 is 0 Å². The lowest BCUT2D eigenvalue weighted by Gasteiger charge is -2.34. The molecule has 9 aromatic rings. The van der Waals surface area contributed by atoms with E-state index in [9.17, 15) is 0 Å². The number of hydrogen-bond donors (Lipinski definition) is 2. The van der Waals surface area contributed by atoms with Crippen molar-refractivity contribution in [3.05, 3.63) is 276 Å². The van der Waals surface area contributed by atoms with Gasteiger partial charge in [-0.1, -0.05) is 206 Å². The van der Waals surface area contributed by atoms with Crippen molar-refractivity contribution in [2.24, 2.45) is 9.98 Å². The van der Waals surface area contributed by atoms with Gasteiger partial charge >= 0.3 is 0 Å². The highest BCUT2D eigenvalue weighted by molar-refractivity contribution is 6.13. The van der Waals surface area contributed by atoms with Crippen LogP contribution < -0.4 is 10.6 Å². The Hall–Kier alpha value is -8.08. The van der Waals surface area contributed by atoms with Gasteiger partial charge in [-0.05, 0) is 86.0 Å². The molecule has 2 aliphatic rings. The fraction of sp³-hybridized carbons (Fsp3) is 0.0345. The van der Waals surface area contributed by atoms with E-state index < -0.39 is 5.41 Å². The number of fused-ring (bicyclic) bond motifs is 3. The van der Waals surface area contributed by atoms with Gasteiger partial charge in [-0.3, -0.25) is 0 Å². The van der Waals surface area contributed by atoms with E-state index in [2.05, 4.69) is 211 Å². The van der Waals surface area contributed by atoms with Crippen molar-refractivity contribution in [2.45, 2.75) is 11.6 Å². The summed E-state index contributed by atoms with van der Waals surface area (Å²) in [6, 6.07) is 84.4. The van der Waals surface area contributed by atoms with E-state index in [4.69, 9.17) is 9.98 Å². The SMILES string of the molecule is c1ccc(C2=NC(c3cccc(Nc4cc5c(cc4-c4cccc(-c6ccccc6)c4)C(c4ccccc4)(c4ccccc4)c4ccccc4-5)c3)NC(c3ccccc3)=N2)cc1. The minimum atomic E-state index is -0.530. The molecule has 0 fully saturated rings. The number of rotatable bonds is 9. The normalized spacial score (nSPS) is 14.7. The van der Waals surface area contributed by atoms with Crippen LogP contribution in [0.1, 0.15) is 45.1 Å². The Kier molecular flexibility index (Phi) is 9.44. The molecule has 4 nitrogen and oxygen atoms in total. The monoisotopic (exact) mass is 794 g/mol. The molecule has 1 atom stereocenters. The van der Waals surface area contributed by atoms with Gasteiger partial charge in [0.1, 0.15) is 12.0 Å². The molecule has 2 N–H and O–H groups in total. The molecule has 62 heavy (non-hydrogen) atoms. The van der Waals surface area contributed by atoms with Gasteiger partial charge in [-0.25, -0.2) is 9.98 Å². The fourth-order valence-electron chi connectivity index (χ4n) is 9.35. The Morgan fingerprint density at radius 2 is 0.968 bits per heavy atom. The van der Waals surface area contributed by atoms with Crippen LogP contribution in [0.4, 0.5) is 11.4 Å². The lowest BCUT2D eigenvalue weighted by Crippen LogP contribution is -2.33. The number of anilines is 2. The molecule has 294 valence electrons. The van der Waals surface area contributed by atoms with Gasteiger partial charge in [0.05, 0.1) is 5.41 Å². The van der Waals surface area contributed by atoms with Gasteiger partial charge in [-0.15, -0.1) is 0 Å². The number of benzene rings is 9. The zero-order chi connectivity index (χ0) is 41.3. The van der Waals surface area contributed by atoms with E-state index in [1.54, 1.807) is 0 Å². The van der Waals surface area contributed by atoms with Crippen molar-refractivity contribution >= 4 is 23.0 Å². The van der Waals surface area contributed by atoms with Gasteiger partial charge < -0.3 is 10.6 Å². The van der Waals surface area contributed by atoms with Gasteiger partial charge in [0, 0.05) is 28.1 Å². The first-order chi connectivity index (χ1) is 30.7. The first-order valence-electron chi connectivity index (χ1n) is 21.2. The minimum absolute atomic E-state index is 0.356. The zero-order valence-electron chi connectivity index (χ0n) is 34.0. The summed E-state index contributed by atoms with van der Waals surface area (Å²) < 4.78 is 0. The van der Waals surface area contributed by atoms with Crippen molar-refractivity contribution in [1.29, 1.82) is 0 Å². The maximum Gasteiger partial charge on any atom is 0.159 e. The van der Waals surface area contributed by atoms with E-state index in [1.807, 2.05) is 36.4 Å². The second-order valence-corrected chi connectivity index (χ2v) is 15.9. The third-order valence-electron chi connectivity index (χ3n) is 12.2. The summed E-state index contributed by atoms with van der Waals surface area (Å²) in [5.74, 6) is 1.49. The Bertz CT molecular complexity index is 3070. The van der Waals surface area contributed by atoms with Crippen LogP contribution in [-0.2, 0) is 5.41 Å². The molecule has 0 radical (unpaired) electrons. The molecular formula is C58H42N4. The molecule has 0 saturated carbocycles. The Labute approximate surface area is 362 Å². The Morgan fingerprint density at radius 1 is 0.403 bits per heavy atom. The van der Waals surface area contributed by atoms with Crippen molar-refractivity contribution in [3.63, 3.8) is 0 Å². The first kappa shape index (κ1) is 37.0. The van der Waals surface area contributed by atoms with Crippen molar-refractivity contribution in [1.82, 2.24) is 5.32 Å². The van der Waals surface area contributed by atoms with E-state index in [0.29, 0.717) is 5.84 Å². The predicted molar refractivity (Wildman–Crippen MR) is 256 cm³/mol. The van der Waals surface area contributed by atoms with Crippen LogP contribution in [0, 0.1) is 0 Å². The van der Waals surface area contributed by atoms with Gasteiger partial charge in [0.25, 0.3) is 0 Å². The second kappa shape index (κ2) is 15.8. The maximum absolute atomic E-state index is 5.19. The molecule has 9 aromatic carbocycles. The van der Waals surface area contributed by atoms with Crippen LogP contribution >= 0.6 is 0 Å². The lowest BCUT2D eigenvalue weighted by atomic mass is 9.67. The number of nitrogens with zero attached hydrogens (tertiary/aromatic N) is 2. The average Bonchev–Trinajstić information content (AvgIpc) is 3.65. The molecule has 4 heteroatoms. The topological polar surface area (TPSA) is 48.8 Å². The van der Waals surface area contributed by atoms with E-state index in [1.165, 1.54) is 44.5 Å². The molecule has 11 rings (SSSR count). The van der Waals surface area contributed by atoms with Gasteiger partial charge in [0.15, 0.2) is 5.84 Å². The molecule has 0 spiro atoms. The molecule has 0 aromatic heterocycles. The van der Waals surface area contributed by atoms with Crippen LogP contribution in [0.25, 0.3) is 33.4 Å². The van der Waals surface area contributed by atoms with Crippen LogP contribution in [0.5, 0.6) is 0 Å². The van der Waals surface area contributed by atoms with Gasteiger partial charge in [0.2, 0.25) is 0 Å². The van der Waals surface area contributed by atoms with E-state index in [0.717, 1.165) is 45.0 Å². The number of amidine groups is 2. The summed E-state index contributed by atoms with van der Waals surface area (Å²) in [6.45, 7) is 0. The van der Waals surface area contributed by atoms with E-state index in [-0.39, 0.29) is 6.17 Å². The molecule has 1 aliphatic carbocycles. The predicted octanol–water partition coefficient (Wildman–Crippen LogP) is 13.6. The molecule has 1 aliphatic heterocycles. The summed E-state index contributed by atoms with van der Waals surface area (Å²) >= 11 is 0. The minimum Gasteiger partial charge on any atom is -0.355 e. The summed E-state index contributed by atoms with van der Waals surface area (Å²) in [4.78, 5) is 10.2. The average molecular weight is 795 g/mol. The molecule has 0 amide bonds. The third kappa shape index (κ3) is 6.59. The summed E-state index contributed by atoms with van der Waals surface area (Å²) in [7, 11) is 0. The highest BCUT2D eigenvalue weighted by Crippen LogP contribution is 2.58. The summed E-state index contributed by atoms with van der Waals surface area (Å²) in [6.07, 6.45) is -0.356. The van der Waals surface area contributed by atoms with Crippen LogP contribution in [0.2, 0.25) is 0 Å². The zero-order valence-corrected chi connectivity index (χ0v) is 34.0. The Morgan fingerprint density at radius 3 is 1.66 bits per heavy atom. The van der Waals surface area contributed by atoms with Crippen LogP contribution in [0.15, 0.2) is 247 Å². The van der Waals surface area contributed by atoms with Crippen molar-refractivity contribution in [2.75, 3.05) is 5.32 Å². The molecule has 0 saturated heterocycles. The highest BCUT2D eigenvalue weighted by Gasteiger charge is 2.46. The molecule has 0 bridgehead atoms. The quantitative estimate of drug-likeness (QED) is 0.153. The van der Waals surface area contributed by atoms with Gasteiger partial charge in [-0.2, -0.15) is 0 Å². The number of nitrogens with one attached hydrogen (secondary N) is 2. The van der Waals surface area contributed by atoms with Crippen molar-refractivity contribution < 1.29 is 0 Å². The largest absolute Gasteiger partial charge is 0.355 e. The number of aliphatic imine (C=N–C) groups is 2. The Balaban J connectivity index is 1.08. The smallest absolute Gasteiger partial charge is 0.159 e. The molecule has 1 unspecified atom stereocenters. The number of hydrogen-bond acceptors (Lipinski definition) is 4. The molecule has 1 heterocycles. The third-order valence-corrected chi connectivity index (χ3v) is 12.2. The van der Waals surface area contributed by atoms with Crippen LogP contribution in [0.3, 0.4) is 0 Å². The van der Waals surface area contributed by atoms with Crippen molar-refractivity contribution in [3.8, 4) is 33.4 Å². The lowest BCUT2D eigenvalue weighted by molar-refractivity contribution is 0.674. The van der Waals surface area contributed by atoms with Crippen LogP contribution in [-0.4, -0.2) is 11.7 Å². The maximum atomic E-state index is 5.19. The fourth-order valence-corrected chi connectivity index (χ4v) is 9.35.